The maximum absolute atomic E-state index is 12.9. The van der Waals surface area contributed by atoms with Crippen LogP contribution in [0.25, 0.3) is 0 Å². The van der Waals surface area contributed by atoms with Crippen molar-refractivity contribution in [2.75, 3.05) is 50.4 Å². The van der Waals surface area contributed by atoms with Gasteiger partial charge in [-0.25, -0.2) is 17.6 Å². The van der Waals surface area contributed by atoms with Crippen molar-refractivity contribution < 1.29 is 22.3 Å². The lowest BCUT2D eigenvalue weighted by molar-refractivity contribution is -0.117. The van der Waals surface area contributed by atoms with Crippen LogP contribution in [0.4, 0.5) is 14.9 Å². The summed E-state index contributed by atoms with van der Waals surface area (Å²) in [6, 6.07) is 5.16. The van der Waals surface area contributed by atoms with Crippen LogP contribution in [0, 0.1) is 5.82 Å². The first-order valence-corrected chi connectivity index (χ1v) is 11.0. The zero-order chi connectivity index (χ0) is 19.1. The number of carbonyl (C=O) groups excluding carboxylic acids is 1. The van der Waals surface area contributed by atoms with Crippen molar-refractivity contribution in [3.8, 4) is 0 Å². The summed E-state index contributed by atoms with van der Waals surface area (Å²) < 4.78 is 44.3. The predicted octanol–water partition coefficient (Wildman–Crippen LogP) is 1.32. The molecule has 0 saturated carbocycles. The van der Waals surface area contributed by atoms with Gasteiger partial charge < -0.3 is 19.9 Å². The van der Waals surface area contributed by atoms with E-state index in [2.05, 4.69) is 10.2 Å². The lowest BCUT2D eigenvalue weighted by Gasteiger charge is -2.52. The first kappa shape index (κ1) is 18.6. The Morgan fingerprint density at radius 2 is 1.89 bits per heavy atom. The highest BCUT2D eigenvalue weighted by Crippen LogP contribution is 2.33. The molecule has 0 aliphatic carbocycles. The molecule has 0 unspecified atom stereocenters. The van der Waals surface area contributed by atoms with Crippen LogP contribution >= 0.6 is 0 Å². The molecular weight excluding hydrogens is 373 g/mol. The van der Waals surface area contributed by atoms with Crippen molar-refractivity contribution in [2.45, 2.75) is 23.7 Å². The molecule has 0 bridgehead atoms. The fraction of sp³-hybridized carbons (Fsp3) is 0.611. The average molecular weight is 397 g/mol. The van der Waals surface area contributed by atoms with Crippen molar-refractivity contribution in [3.63, 3.8) is 0 Å². The summed E-state index contributed by atoms with van der Waals surface area (Å²) >= 11 is 0. The van der Waals surface area contributed by atoms with E-state index in [0.29, 0.717) is 12.2 Å². The van der Waals surface area contributed by atoms with Crippen LogP contribution < -0.4 is 5.32 Å². The van der Waals surface area contributed by atoms with Gasteiger partial charge in [0.15, 0.2) is 9.84 Å². The summed E-state index contributed by atoms with van der Waals surface area (Å²) in [5.41, 5.74) is -0.300. The Labute approximate surface area is 158 Å². The van der Waals surface area contributed by atoms with Crippen molar-refractivity contribution >= 4 is 21.6 Å². The standard InChI is InChI=1S/C18H24FN3O4S/c19-14-3-5-15(6-4-14)20-17(23)22-11-18(12-22)13-27(24,25)16(10-26-18)9-21-7-1-2-8-21/h3-6,16H,1-2,7-13H2,(H,20,23)/t16-/m0/s1. The second-order valence-corrected chi connectivity index (χ2v) is 10.0. The van der Waals surface area contributed by atoms with Gasteiger partial charge in [-0.15, -0.1) is 0 Å². The highest BCUT2D eigenvalue weighted by atomic mass is 32.2. The smallest absolute Gasteiger partial charge is 0.322 e. The van der Waals surface area contributed by atoms with Crippen LogP contribution in [0.5, 0.6) is 0 Å². The number of ether oxygens (including phenoxy) is 1. The van der Waals surface area contributed by atoms with Crippen LogP contribution in [0.2, 0.25) is 0 Å². The molecule has 3 saturated heterocycles. The number of urea groups is 1. The van der Waals surface area contributed by atoms with Crippen LogP contribution in [-0.4, -0.2) is 80.2 Å². The maximum atomic E-state index is 12.9. The first-order chi connectivity index (χ1) is 12.9. The second-order valence-electron chi connectivity index (χ2n) is 7.72. The van der Waals surface area contributed by atoms with Gasteiger partial charge in [-0.2, -0.15) is 0 Å². The van der Waals surface area contributed by atoms with E-state index in [1.807, 2.05) is 0 Å². The third-order valence-electron chi connectivity index (χ3n) is 5.55. The molecule has 3 heterocycles. The molecule has 9 heteroatoms. The third-order valence-corrected chi connectivity index (χ3v) is 7.78. The largest absolute Gasteiger partial charge is 0.369 e. The van der Waals surface area contributed by atoms with Gasteiger partial charge in [0.05, 0.1) is 30.7 Å². The molecule has 4 rings (SSSR count). The van der Waals surface area contributed by atoms with Crippen molar-refractivity contribution in [3.05, 3.63) is 30.1 Å². The monoisotopic (exact) mass is 397 g/mol. The minimum absolute atomic E-state index is 0.0428. The number of likely N-dealkylation sites (tertiary alicyclic amines) is 2. The fourth-order valence-corrected chi connectivity index (χ4v) is 5.98. The topological polar surface area (TPSA) is 79.0 Å². The van der Waals surface area contributed by atoms with E-state index in [9.17, 15) is 17.6 Å². The summed E-state index contributed by atoms with van der Waals surface area (Å²) in [7, 11) is -3.26. The number of hydrogen-bond acceptors (Lipinski definition) is 5. The molecule has 2 amide bonds. The number of sulfone groups is 1. The van der Waals surface area contributed by atoms with Gasteiger partial charge in [-0.3, -0.25) is 0 Å². The molecule has 0 radical (unpaired) electrons. The molecule has 1 spiro atoms. The Hall–Kier alpha value is -1.71. The van der Waals surface area contributed by atoms with Gasteiger partial charge >= 0.3 is 6.03 Å². The van der Waals surface area contributed by atoms with Gasteiger partial charge in [-0.05, 0) is 50.2 Å². The Balaban J connectivity index is 1.31. The summed E-state index contributed by atoms with van der Waals surface area (Å²) in [5, 5.41) is 2.20. The zero-order valence-corrected chi connectivity index (χ0v) is 15.9. The zero-order valence-electron chi connectivity index (χ0n) is 15.1. The van der Waals surface area contributed by atoms with Gasteiger partial charge in [-0.1, -0.05) is 0 Å². The minimum atomic E-state index is -3.26. The lowest BCUT2D eigenvalue weighted by Crippen LogP contribution is -2.71. The molecule has 3 aliphatic rings. The Morgan fingerprint density at radius 3 is 2.52 bits per heavy atom. The number of benzene rings is 1. The average Bonchev–Trinajstić information content (AvgIpc) is 3.09. The Kier molecular flexibility index (Phi) is 4.85. The maximum Gasteiger partial charge on any atom is 0.322 e. The number of anilines is 1. The van der Waals surface area contributed by atoms with E-state index < -0.39 is 20.7 Å². The van der Waals surface area contributed by atoms with Crippen molar-refractivity contribution in [1.29, 1.82) is 0 Å². The fourth-order valence-electron chi connectivity index (χ4n) is 4.03. The molecular formula is C18H24FN3O4S. The van der Waals surface area contributed by atoms with Crippen LogP contribution in [0.1, 0.15) is 12.8 Å². The summed E-state index contributed by atoms with van der Waals surface area (Å²) in [4.78, 5) is 16.0. The predicted molar refractivity (Wildman–Crippen MR) is 98.9 cm³/mol. The number of nitrogens with zero attached hydrogens (tertiary/aromatic N) is 2. The molecule has 148 valence electrons. The molecule has 27 heavy (non-hydrogen) atoms. The van der Waals surface area contributed by atoms with Gasteiger partial charge in [0.2, 0.25) is 0 Å². The molecule has 3 fully saturated rings. The normalized spacial score (nSPS) is 26.7. The van der Waals surface area contributed by atoms with Gasteiger partial charge in [0.1, 0.15) is 11.4 Å². The Bertz CT molecular complexity index is 802. The van der Waals surface area contributed by atoms with Crippen LogP contribution in [-0.2, 0) is 14.6 Å². The van der Waals surface area contributed by atoms with E-state index in [-0.39, 0.29) is 37.3 Å². The van der Waals surface area contributed by atoms with E-state index in [0.717, 1.165) is 25.9 Å². The quantitative estimate of drug-likeness (QED) is 0.832. The molecule has 1 atom stereocenters. The Morgan fingerprint density at radius 1 is 1.22 bits per heavy atom. The van der Waals surface area contributed by atoms with Crippen LogP contribution in [0.3, 0.4) is 0 Å². The number of carbonyl (C=O) groups is 1. The number of hydrogen-bond donors (Lipinski definition) is 1. The SMILES string of the molecule is O=C(Nc1ccc(F)cc1)N1CC2(C1)CS(=O)(=O)[C@@H](CN1CCCC1)CO2. The minimum Gasteiger partial charge on any atom is -0.369 e. The van der Waals surface area contributed by atoms with E-state index in [1.54, 1.807) is 0 Å². The van der Waals surface area contributed by atoms with E-state index in [4.69, 9.17) is 4.74 Å². The molecule has 1 aromatic rings. The molecule has 3 aliphatic heterocycles. The van der Waals surface area contributed by atoms with Crippen LogP contribution in [0.15, 0.2) is 24.3 Å². The van der Waals surface area contributed by atoms with Crippen molar-refractivity contribution in [1.82, 2.24) is 9.80 Å². The third kappa shape index (κ3) is 3.95. The number of nitrogens with one attached hydrogen (secondary N) is 1. The molecule has 1 aromatic carbocycles. The molecule has 1 N–H and O–H groups in total. The number of halogens is 1. The van der Waals surface area contributed by atoms with E-state index >= 15 is 0 Å². The molecule has 7 nitrogen and oxygen atoms in total. The number of amides is 2. The van der Waals surface area contributed by atoms with E-state index in [1.165, 1.54) is 29.2 Å². The number of rotatable bonds is 3. The molecule has 0 aromatic heterocycles. The summed E-state index contributed by atoms with van der Waals surface area (Å²) in [6.07, 6.45) is 2.24. The van der Waals surface area contributed by atoms with Crippen molar-refractivity contribution in [2.24, 2.45) is 0 Å². The van der Waals surface area contributed by atoms with Gasteiger partial charge in [0, 0.05) is 12.2 Å². The highest BCUT2D eigenvalue weighted by molar-refractivity contribution is 7.92. The van der Waals surface area contributed by atoms with Gasteiger partial charge in [0.25, 0.3) is 0 Å². The lowest BCUT2D eigenvalue weighted by atomic mass is 9.96. The second kappa shape index (κ2) is 7.03. The summed E-state index contributed by atoms with van der Waals surface area (Å²) in [5.74, 6) is -0.418. The highest BCUT2D eigenvalue weighted by Gasteiger charge is 2.54. The summed E-state index contributed by atoms with van der Waals surface area (Å²) in [6.45, 7) is 3.12. The first-order valence-electron chi connectivity index (χ1n) is 9.25.